The van der Waals surface area contributed by atoms with Gasteiger partial charge in [0.25, 0.3) is 0 Å². The van der Waals surface area contributed by atoms with Gasteiger partial charge in [0.15, 0.2) is 0 Å². The fourth-order valence-corrected chi connectivity index (χ4v) is 3.25. The van der Waals surface area contributed by atoms with Crippen molar-refractivity contribution in [2.45, 2.75) is 78.1 Å². The summed E-state index contributed by atoms with van der Waals surface area (Å²) < 4.78 is 0. The van der Waals surface area contributed by atoms with Gasteiger partial charge in [-0.05, 0) is 25.2 Å². The van der Waals surface area contributed by atoms with Crippen molar-refractivity contribution in [1.29, 1.82) is 0 Å². The molecular formula is C15H28O2. The van der Waals surface area contributed by atoms with Crippen LogP contribution in [0.3, 0.4) is 0 Å². The number of rotatable bonds is 7. The highest BCUT2D eigenvalue weighted by molar-refractivity contribution is 5.75. The molecule has 0 aliphatic heterocycles. The second-order valence-electron chi connectivity index (χ2n) is 5.77. The third-order valence-electron chi connectivity index (χ3n) is 4.61. The van der Waals surface area contributed by atoms with Crippen LogP contribution >= 0.6 is 0 Å². The van der Waals surface area contributed by atoms with Gasteiger partial charge < -0.3 is 5.11 Å². The summed E-state index contributed by atoms with van der Waals surface area (Å²) in [5.74, 6) is -0.180. The van der Waals surface area contributed by atoms with Gasteiger partial charge in [-0.1, -0.05) is 58.8 Å². The van der Waals surface area contributed by atoms with Crippen LogP contribution in [0.5, 0.6) is 0 Å². The van der Waals surface area contributed by atoms with Crippen molar-refractivity contribution in [3.63, 3.8) is 0 Å². The van der Waals surface area contributed by atoms with E-state index in [2.05, 4.69) is 13.8 Å². The first-order valence-corrected chi connectivity index (χ1v) is 7.37. The molecule has 1 aliphatic carbocycles. The van der Waals surface area contributed by atoms with E-state index in [9.17, 15) is 9.90 Å². The van der Waals surface area contributed by atoms with Crippen molar-refractivity contribution in [2.75, 3.05) is 0 Å². The summed E-state index contributed by atoms with van der Waals surface area (Å²) in [6.45, 7) is 4.35. The second kappa shape index (κ2) is 7.03. The molecule has 0 spiro atoms. The molecule has 17 heavy (non-hydrogen) atoms. The molecule has 2 heteroatoms. The number of hydrogen-bond acceptors (Lipinski definition) is 1. The minimum Gasteiger partial charge on any atom is -0.481 e. The number of aliphatic carboxylic acids is 1. The van der Waals surface area contributed by atoms with Crippen molar-refractivity contribution in [1.82, 2.24) is 0 Å². The molecule has 2 nitrogen and oxygen atoms in total. The highest BCUT2D eigenvalue weighted by atomic mass is 16.4. The van der Waals surface area contributed by atoms with Gasteiger partial charge >= 0.3 is 5.97 Å². The van der Waals surface area contributed by atoms with E-state index in [1.165, 1.54) is 32.1 Å². The van der Waals surface area contributed by atoms with Gasteiger partial charge in [-0.15, -0.1) is 0 Å². The summed E-state index contributed by atoms with van der Waals surface area (Å²) in [5, 5.41) is 9.56. The van der Waals surface area contributed by atoms with Crippen LogP contribution in [0.2, 0.25) is 0 Å². The Hall–Kier alpha value is -0.530. The van der Waals surface area contributed by atoms with E-state index in [-0.39, 0.29) is 0 Å². The number of hydrogen-bond donors (Lipinski definition) is 1. The molecule has 0 aromatic heterocycles. The van der Waals surface area contributed by atoms with E-state index >= 15 is 0 Å². The monoisotopic (exact) mass is 240 g/mol. The Kier molecular flexibility index (Phi) is 6.01. The van der Waals surface area contributed by atoms with Gasteiger partial charge in [-0.2, -0.15) is 0 Å². The molecule has 1 saturated carbocycles. The van der Waals surface area contributed by atoms with Crippen LogP contribution in [0.1, 0.15) is 78.1 Å². The third-order valence-corrected chi connectivity index (χ3v) is 4.61. The lowest BCUT2D eigenvalue weighted by Crippen LogP contribution is -2.39. The molecule has 100 valence electrons. The Morgan fingerprint density at radius 3 is 2.53 bits per heavy atom. The van der Waals surface area contributed by atoms with E-state index in [4.69, 9.17) is 0 Å². The molecule has 2 unspecified atom stereocenters. The summed E-state index contributed by atoms with van der Waals surface area (Å²) in [6.07, 6.45) is 11.3. The maximum atomic E-state index is 11.6. The van der Waals surface area contributed by atoms with Crippen LogP contribution < -0.4 is 0 Å². The quantitative estimate of drug-likeness (QED) is 0.659. The zero-order valence-electron chi connectivity index (χ0n) is 11.5. The predicted octanol–water partition coefficient (Wildman–Crippen LogP) is 4.63. The van der Waals surface area contributed by atoms with E-state index in [1.54, 1.807) is 0 Å². The lowest BCUT2D eigenvalue weighted by molar-refractivity contribution is -0.155. The number of carboxylic acid groups (broad SMARTS) is 1. The molecule has 0 bridgehead atoms. The molecule has 0 amide bonds. The normalized spacial score (nSPS) is 29.2. The summed E-state index contributed by atoms with van der Waals surface area (Å²) in [6, 6.07) is 0. The van der Waals surface area contributed by atoms with Crippen LogP contribution in [0.25, 0.3) is 0 Å². The average Bonchev–Trinajstić information content (AvgIpc) is 2.31. The Bertz CT molecular complexity index is 237. The van der Waals surface area contributed by atoms with E-state index in [0.717, 1.165) is 32.1 Å². The molecule has 1 rings (SSSR count). The summed E-state index contributed by atoms with van der Waals surface area (Å²) in [5.41, 5.74) is -0.398. The predicted molar refractivity (Wildman–Crippen MR) is 71.1 cm³/mol. The molecule has 0 heterocycles. The lowest BCUT2D eigenvalue weighted by Gasteiger charge is -2.39. The van der Waals surface area contributed by atoms with Crippen LogP contribution in [0, 0.1) is 11.3 Å². The number of carboxylic acids is 1. The number of unbranched alkanes of at least 4 members (excludes halogenated alkanes) is 4. The Balaban J connectivity index is 2.44. The SMILES string of the molecule is CCCCCCCC1(C(=O)O)CCCCC1C. The van der Waals surface area contributed by atoms with Crippen molar-refractivity contribution in [3.8, 4) is 0 Å². The van der Waals surface area contributed by atoms with Gasteiger partial charge in [-0.3, -0.25) is 4.79 Å². The van der Waals surface area contributed by atoms with Crippen molar-refractivity contribution < 1.29 is 9.90 Å². The molecule has 0 aromatic carbocycles. The smallest absolute Gasteiger partial charge is 0.309 e. The second-order valence-corrected chi connectivity index (χ2v) is 5.77. The Morgan fingerprint density at radius 2 is 1.94 bits per heavy atom. The minimum atomic E-state index is -0.541. The van der Waals surface area contributed by atoms with Crippen LogP contribution in [0.15, 0.2) is 0 Å². The minimum absolute atomic E-state index is 0.361. The first kappa shape index (κ1) is 14.5. The molecule has 0 saturated heterocycles. The zero-order chi connectivity index (χ0) is 12.7. The highest BCUT2D eigenvalue weighted by Crippen LogP contribution is 2.45. The van der Waals surface area contributed by atoms with Gasteiger partial charge in [0, 0.05) is 0 Å². The van der Waals surface area contributed by atoms with E-state index in [0.29, 0.717) is 5.92 Å². The van der Waals surface area contributed by atoms with Crippen molar-refractivity contribution in [2.24, 2.45) is 11.3 Å². The number of carbonyl (C=O) groups is 1. The first-order valence-electron chi connectivity index (χ1n) is 7.37. The van der Waals surface area contributed by atoms with Gasteiger partial charge in [0.1, 0.15) is 0 Å². The molecule has 1 aliphatic rings. The topological polar surface area (TPSA) is 37.3 Å². The fraction of sp³-hybridized carbons (Fsp3) is 0.933. The van der Waals surface area contributed by atoms with Crippen LogP contribution in [-0.4, -0.2) is 11.1 Å². The summed E-state index contributed by atoms with van der Waals surface area (Å²) >= 11 is 0. The molecular weight excluding hydrogens is 212 g/mol. The molecule has 0 radical (unpaired) electrons. The van der Waals surface area contributed by atoms with Crippen LogP contribution in [-0.2, 0) is 4.79 Å². The van der Waals surface area contributed by atoms with Gasteiger partial charge in [0.2, 0.25) is 0 Å². The summed E-state index contributed by atoms with van der Waals surface area (Å²) in [7, 11) is 0. The van der Waals surface area contributed by atoms with E-state index in [1.807, 2.05) is 0 Å². The standard InChI is InChI=1S/C15H28O2/c1-3-4-5-6-8-11-15(14(16)17)12-9-7-10-13(15)2/h13H,3-12H2,1-2H3,(H,16,17). The molecule has 1 N–H and O–H groups in total. The molecule has 1 fully saturated rings. The maximum Gasteiger partial charge on any atom is 0.309 e. The van der Waals surface area contributed by atoms with E-state index < -0.39 is 11.4 Å². The largest absolute Gasteiger partial charge is 0.481 e. The highest BCUT2D eigenvalue weighted by Gasteiger charge is 2.44. The summed E-state index contributed by atoms with van der Waals surface area (Å²) in [4.78, 5) is 11.6. The Morgan fingerprint density at radius 1 is 1.24 bits per heavy atom. The maximum absolute atomic E-state index is 11.6. The Labute approximate surface area is 106 Å². The van der Waals surface area contributed by atoms with Gasteiger partial charge in [0.05, 0.1) is 5.41 Å². The first-order chi connectivity index (χ1) is 8.13. The van der Waals surface area contributed by atoms with Crippen molar-refractivity contribution in [3.05, 3.63) is 0 Å². The average molecular weight is 240 g/mol. The zero-order valence-corrected chi connectivity index (χ0v) is 11.5. The van der Waals surface area contributed by atoms with Crippen LogP contribution in [0.4, 0.5) is 0 Å². The van der Waals surface area contributed by atoms with Gasteiger partial charge in [-0.25, -0.2) is 0 Å². The van der Waals surface area contributed by atoms with Crippen molar-refractivity contribution >= 4 is 5.97 Å². The lowest BCUT2D eigenvalue weighted by atomic mass is 9.64. The molecule has 2 atom stereocenters. The third kappa shape index (κ3) is 3.72. The molecule has 0 aromatic rings. The fourth-order valence-electron chi connectivity index (χ4n) is 3.25.